The Hall–Kier alpha value is -4.44. The number of hydrogen-bond donors (Lipinski definition) is 2. The van der Waals surface area contributed by atoms with Crippen LogP contribution in [0, 0.1) is 0 Å². The van der Waals surface area contributed by atoms with Crippen molar-refractivity contribution >= 4 is 29.9 Å². The minimum Gasteiger partial charge on any atom is -0.545 e. The van der Waals surface area contributed by atoms with Gasteiger partial charge in [-0.2, -0.15) is 9.67 Å². The van der Waals surface area contributed by atoms with E-state index in [1.807, 2.05) is 28.8 Å². The molecule has 9 nitrogen and oxygen atoms in total. The predicted octanol–water partition coefficient (Wildman–Crippen LogP) is 3.27. The van der Waals surface area contributed by atoms with Crippen molar-refractivity contribution in [2.75, 3.05) is 12.9 Å². The largest absolute Gasteiger partial charge is 0.545 e. The van der Waals surface area contributed by atoms with Crippen LogP contribution in [0.15, 0.2) is 83.1 Å². The van der Waals surface area contributed by atoms with Gasteiger partial charge in [-0.25, -0.2) is 5.43 Å². The zero-order valence-corrected chi connectivity index (χ0v) is 22.9. The van der Waals surface area contributed by atoms with Crippen molar-refractivity contribution < 1.29 is 24.0 Å². The molecule has 0 unspecified atom stereocenters. The van der Waals surface area contributed by atoms with Crippen LogP contribution < -0.4 is 19.8 Å². The molecule has 1 aromatic heterocycles. The number of carbonyl (C=O) groups excluding carboxylic acids is 2. The van der Waals surface area contributed by atoms with E-state index in [4.69, 9.17) is 4.74 Å². The minimum atomic E-state index is -1.32. The van der Waals surface area contributed by atoms with Gasteiger partial charge in [0.1, 0.15) is 11.4 Å². The number of hydrogen-bond acceptors (Lipinski definition) is 7. The number of hydrazone groups is 1. The summed E-state index contributed by atoms with van der Waals surface area (Å²) in [6.45, 7) is 6.51. The highest BCUT2D eigenvalue weighted by Gasteiger charge is 2.25. The number of carboxylic acids is 1. The number of rotatable bonds is 9. The number of aromatic amines is 1. The van der Waals surface area contributed by atoms with Crippen molar-refractivity contribution in [2.45, 2.75) is 31.3 Å². The maximum Gasteiger partial charge on any atom is 0.342 e. The summed E-state index contributed by atoms with van der Waals surface area (Å²) in [4.78, 5) is 23.8. The van der Waals surface area contributed by atoms with Crippen molar-refractivity contribution in [1.82, 2.24) is 15.6 Å². The number of amides is 1. The zero-order chi connectivity index (χ0) is 28.0. The van der Waals surface area contributed by atoms with Gasteiger partial charge in [-0.3, -0.25) is 4.79 Å². The van der Waals surface area contributed by atoms with Gasteiger partial charge in [0.25, 0.3) is 11.7 Å². The van der Waals surface area contributed by atoms with Crippen LogP contribution in [0.4, 0.5) is 0 Å². The summed E-state index contributed by atoms with van der Waals surface area (Å²) in [5.41, 5.74) is 5.79. The topological polar surface area (TPSA) is 123 Å². The number of thioether (sulfide) groups is 1. The summed E-state index contributed by atoms with van der Waals surface area (Å²) in [6.07, 6.45) is 1.28. The van der Waals surface area contributed by atoms with Gasteiger partial charge in [0.15, 0.2) is 0 Å². The summed E-state index contributed by atoms with van der Waals surface area (Å²) < 4.78 is 7.25. The van der Waals surface area contributed by atoms with E-state index in [2.05, 4.69) is 65.8 Å². The molecule has 0 aliphatic carbocycles. The second kappa shape index (κ2) is 12.0. The van der Waals surface area contributed by atoms with Crippen LogP contribution in [0.5, 0.6) is 5.75 Å². The fourth-order valence-corrected chi connectivity index (χ4v) is 4.58. The number of carbonyl (C=O) groups is 2. The van der Waals surface area contributed by atoms with E-state index < -0.39 is 5.97 Å². The molecule has 0 aliphatic rings. The third-order valence-electron chi connectivity index (χ3n) is 5.93. The van der Waals surface area contributed by atoms with Crippen molar-refractivity contribution in [3.8, 4) is 22.8 Å². The van der Waals surface area contributed by atoms with Gasteiger partial charge in [-0.15, -0.1) is 5.10 Å². The zero-order valence-electron chi connectivity index (χ0n) is 22.1. The first-order valence-electron chi connectivity index (χ1n) is 12.2. The van der Waals surface area contributed by atoms with Crippen LogP contribution in [0.3, 0.4) is 0 Å². The number of aromatic carboxylic acids is 1. The Bertz CT molecular complexity index is 1490. The Labute approximate surface area is 230 Å². The maximum absolute atomic E-state index is 12.5. The Kier molecular flexibility index (Phi) is 8.46. The monoisotopic (exact) mass is 543 g/mol. The third-order valence-corrected chi connectivity index (χ3v) is 6.87. The average molecular weight is 544 g/mol. The highest BCUT2D eigenvalue weighted by atomic mass is 32.2. The molecule has 0 spiro atoms. The van der Waals surface area contributed by atoms with Crippen molar-refractivity contribution in [3.63, 3.8) is 0 Å². The standard InChI is InChI=1S/C29H29N5O4S/c1-29(2,3)21-11-9-19(10-12-21)26-32-33-28(34(26)22-13-15-23(38-4)16-14-22)39-18-25(35)31-30-17-20-7-5-6-8-24(20)27(36)37/h5-17H,18H2,1-4H3,(H2,31,35,36,37)/b30-17+. The first-order chi connectivity index (χ1) is 18.7. The van der Waals surface area contributed by atoms with E-state index in [0.29, 0.717) is 10.7 Å². The van der Waals surface area contributed by atoms with Gasteiger partial charge in [0.05, 0.1) is 35.7 Å². The molecular weight excluding hydrogens is 514 g/mol. The number of H-pyrrole nitrogens is 1. The molecule has 4 rings (SSSR count). The molecule has 0 fully saturated rings. The number of methoxy groups -OCH3 is 1. The minimum absolute atomic E-state index is 0.00927. The number of ether oxygens (including phenoxy) is 1. The highest BCUT2D eigenvalue weighted by molar-refractivity contribution is 7.99. The molecule has 10 heteroatoms. The fraction of sp³-hybridized carbons (Fsp3) is 0.207. The molecule has 0 atom stereocenters. The van der Waals surface area contributed by atoms with Crippen LogP contribution in [-0.2, 0) is 10.2 Å². The van der Waals surface area contributed by atoms with E-state index in [9.17, 15) is 14.7 Å². The summed E-state index contributed by atoms with van der Waals surface area (Å²) in [5, 5.41) is 23.3. The van der Waals surface area contributed by atoms with Gasteiger partial charge in [-0.1, -0.05) is 57.2 Å². The SMILES string of the molecule is COc1ccc(-[n+]2c(SCC(=O)N/N=C/c3ccccc3C(=O)[O-])n[nH]c2-c2ccc(C(C)(C)C)cc2)cc1. The molecule has 0 radical (unpaired) electrons. The predicted molar refractivity (Wildman–Crippen MR) is 148 cm³/mol. The van der Waals surface area contributed by atoms with Crippen LogP contribution >= 0.6 is 11.8 Å². The van der Waals surface area contributed by atoms with Crippen LogP contribution in [0.1, 0.15) is 42.3 Å². The Morgan fingerprint density at radius 3 is 2.41 bits per heavy atom. The van der Waals surface area contributed by atoms with Gasteiger partial charge < -0.3 is 14.6 Å². The fourth-order valence-electron chi connectivity index (χ4n) is 3.82. The molecule has 3 aromatic carbocycles. The summed E-state index contributed by atoms with van der Waals surface area (Å²) in [7, 11) is 1.61. The second-order valence-corrected chi connectivity index (χ2v) is 10.6. The molecule has 200 valence electrons. The molecule has 0 saturated heterocycles. The molecular formula is C29H29N5O4S. The lowest BCUT2D eigenvalue weighted by Crippen LogP contribution is -2.34. The van der Waals surface area contributed by atoms with Crippen molar-refractivity contribution in [1.29, 1.82) is 0 Å². The third kappa shape index (κ3) is 6.71. The van der Waals surface area contributed by atoms with Crippen LogP contribution in [0.2, 0.25) is 0 Å². The Morgan fingerprint density at radius 1 is 1.08 bits per heavy atom. The Balaban J connectivity index is 1.55. The molecule has 1 heterocycles. The Morgan fingerprint density at radius 2 is 1.77 bits per heavy atom. The summed E-state index contributed by atoms with van der Waals surface area (Å²) in [6, 6.07) is 22.1. The van der Waals surface area contributed by atoms with Gasteiger partial charge in [-0.05, 0) is 59.1 Å². The lowest BCUT2D eigenvalue weighted by Gasteiger charge is -2.18. The van der Waals surface area contributed by atoms with E-state index in [0.717, 1.165) is 22.8 Å². The number of nitrogens with one attached hydrogen (secondary N) is 2. The summed E-state index contributed by atoms with van der Waals surface area (Å²) >= 11 is 1.24. The number of carboxylic acid groups (broad SMARTS) is 1. The smallest absolute Gasteiger partial charge is 0.342 e. The molecule has 0 aliphatic heterocycles. The van der Waals surface area contributed by atoms with Crippen molar-refractivity contribution in [3.05, 3.63) is 89.5 Å². The molecule has 4 aromatic rings. The van der Waals surface area contributed by atoms with Gasteiger partial charge in [0, 0.05) is 11.1 Å². The van der Waals surface area contributed by atoms with E-state index >= 15 is 0 Å². The molecule has 39 heavy (non-hydrogen) atoms. The maximum atomic E-state index is 12.5. The molecule has 1 amide bonds. The second-order valence-electron chi connectivity index (χ2n) is 9.67. The number of aromatic nitrogens is 3. The van der Waals surface area contributed by atoms with Gasteiger partial charge >= 0.3 is 5.16 Å². The number of benzene rings is 3. The number of nitrogens with zero attached hydrogens (tertiary/aromatic N) is 3. The van der Waals surface area contributed by atoms with Crippen molar-refractivity contribution in [2.24, 2.45) is 5.10 Å². The average Bonchev–Trinajstić information content (AvgIpc) is 3.35. The van der Waals surface area contributed by atoms with E-state index in [1.54, 1.807) is 25.3 Å². The van der Waals surface area contributed by atoms with Gasteiger partial charge in [0.2, 0.25) is 0 Å². The normalized spacial score (nSPS) is 11.5. The lowest BCUT2D eigenvalue weighted by molar-refractivity contribution is -0.625. The van der Waals surface area contributed by atoms with E-state index in [1.165, 1.54) is 29.6 Å². The molecule has 0 bridgehead atoms. The van der Waals surface area contributed by atoms with Crippen LogP contribution in [-0.4, -0.2) is 41.2 Å². The lowest BCUT2D eigenvalue weighted by atomic mass is 9.87. The molecule has 2 N–H and O–H groups in total. The summed E-state index contributed by atoms with van der Waals surface area (Å²) in [5.74, 6) is -0.166. The first-order valence-corrected chi connectivity index (χ1v) is 13.2. The van der Waals surface area contributed by atoms with Crippen LogP contribution in [0.25, 0.3) is 17.1 Å². The highest BCUT2D eigenvalue weighted by Crippen LogP contribution is 2.26. The molecule has 0 saturated carbocycles. The quantitative estimate of drug-likeness (QED) is 0.145. The van der Waals surface area contributed by atoms with E-state index in [-0.39, 0.29) is 22.6 Å². The first kappa shape index (κ1) is 27.6.